The van der Waals surface area contributed by atoms with E-state index >= 15 is 0 Å². The molecule has 2 aromatic carbocycles. The fourth-order valence-corrected chi connectivity index (χ4v) is 3.24. The van der Waals surface area contributed by atoms with E-state index in [1.54, 1.807) is 29.2 Å². The molecule has 2 aromatic rings. The Kier molecular flexibility index (Phi) is 7.91. The van der Waals surface area contributed by atoms with E-state index in [2.05, 4.69) is 10.6 Å². The standard InChI is InChI=1S/C22H29ClN4O2/c1-6-24-22(29)25-17-11-12-20(26(4)5)16(13-17)14-27(15(2)3)21(28)18-9-7-8-10-19(18)23/h7-13,15H,6,14H2,1-5H3,(H2,24,25,29). The Labute approximate surface area is 177 Å². The number of carbonyl (C=O) groups excluding carboxylic acids is 2. The van der Waals surface area contributed by atoms with Gasteiger partial charge in [0.05, 0.1) is 10.6 Å². The van der Waals surface area contributed by atoms with Gasteiger partial charge in [-0.15, -0.1) is 0 Å². The molecular weight excluding hydrogens is 388 g/mol. The molecule has 0 unspecified atom stereocenters. The topological polar surface area (TPSA) is 64.7 Å². The first kappa shape index (κ1) is 22.6. The molecule has 3 amide bonds. The molecule has 156 valence electrons. The van der Waals surface area contributed by atoms with Crippen molar-refractivity contribution in [3.05, 3.63) is 58.6 Å². The van der Waals surface area contributed by atoms with Crippen molar-refractivity contribution in [1.29, 1.82) is 0 Å². The lowest BCUT2D eigenvalue weighted by atomic mass is 10.1. The summed E-state index contributed by atoms with van der Waals surface area (Å²) in [5.41, 5.74) is 3.05. The number of rotatable bonds is 7. The number of nitrogens with one attached hydrogen (secondary N) is 2. The van der Waals surface area contributed by atoms with E-state index in [0.717, 1.165) is 11.3 Å². The van der Waals surface area contributed by atoms with Crippen LogP contribution < -0.4 is 15.5 Å². The van der Waals surface area contributed by atoms with Crippen LogP contribution in [0.25, 0.3) is 0 Å². The highest BCUT2D eigenvalue weighted by Crippen LogP contribution is 2.27. The first-order chi connectivity index (χ1) is 13.7. The zero-order valence-corrected chi connectivity index (χ0v) is 18.4. The molecule has 0 radical (unpaired) electrons. The molecule has 2 rings (SSSR count). The van der Waals surface area contributed by atoms with Gasteiger partial charge in [0.25, 0.3) is 5.91 Å². The van der Waals surface area contributed by atoms with Gasteiger partial charge >= 0.3 is 6.03 Å². The van der Waals surface area contributed by atoms with Crippen LogP contribution in [0.3, 0.4) is 0 Å². The van der Waals surface area contributed by atoms with Crippen LogP contribution in [0.5, 0.6) is 0 Å². The zero-order chi connectivity index (χ0) is 21.6. The lowest BCUT2D eigenvalue weighted by Crippen LogP contribution is -2.37. The maximum atomic E-state index is 13.2. The van der Waals surface area contributed by atoms with Crippen LogP contribution in [0, 0.1) is 0 Å². The van der Waals surface area contributed by atoms with Crippen LogP contribution in [-0.2, 0) is 6.54 Å². The molecule has 6 nitrogen and oxygen atoms in total. The van der Waals surface area contributed by atoms with E-state index < -0.39 is 0 Å². The quantitative estimate of drug-likeness (QED) is 0.693. The van der Waals surface area contributed by atoms with E-state index in [0.29, 0.717) is 29.4 Å². The van der Waals surface area contributed by atoms with Gasteiger partial charge < -0.3 is 20.4 Å². The van der Waals surface area contributed by atoms with Gasteiger partial charge in [-0.05, 0) is 56.7 Å². The Morgan fingerprint density at radius 1 is 1.10 bits per heavy atom. The second-order valence-corrected chi connectivity index (χ2v) is 7.64. The molecule has 0 heterocycles. The Balaban J connectivity index is 2.37. The Morgan fingerprint density at radius 3 is 2.38 bits per heavy atom. The fourth-order valence-electron chi connectivity index (χ4n) is 3.02. The summed E-state index contributed by atoms with van der Waals surface area (Å²) in [4.78, 5) is 28.8. The molecule has 0 aromatic heterocycles. The number of benzene rings is 2. The highest BCUT2D eigenvalue weighted by molar-refractivity contribution is 6.33. The molecule has 0 atom stereocenters. The average Bonchev–Trinajstić information content (AvgIpc) is 2.65. The van der Waals surface area contributed by atoms with Crippen molar-refractivity contribution in [1.82, 2.24) is 10.2 Å². The van der Waals surface area contributed by atoms with E-state index in [9.17, 15) is 9.59 Å². The lowest BCUT2D eigenvalue weighted by molar-refractivity contribution is 0.0691. The second kappa shape index (κ2) is 10.2. The molecule has 7 heteroatoms. The van der Waals surface area contributed by atoms with Gasteiger partial charge in [0, 0.05) is 44.6 Å². The molecule has 0 saturated carbocycles. The van der Waals surface area contributed by atoms with Gasteiger partial charge in [0.2, 0.25) is 0 Å². The molecule has 2 N–H and O–H groups in total. The minimum atomic E-state index is -0.260. The van der Waals surface area contributed by atoms with Gasteiger partial charge in [0.1, 0.15) is 0 Å². The predicted molar refractivity (Wildman–Crippen MR) is 120 cm³/mol. The van der Waals surface area contributed by atoms with Gasteiger partial charge in [-0.3, -0.25) is 4.79 Å². The Morgan fingerprint density at radius 2 is 1.79 bits per heavy atom. The summed E-state index contributed by atoms with van der Waals surface area (Å²) in [6.45, 7) is 6.74. The number of halogens is 1. The summed E-state index contributed by atoms with van der Waals surface area (Å²) in [7, 11) is 3.90. The summed E-state index contributed by atoms with van der Waals surface area (Å²) < 4.78 is 0. The number of nitrogens with zero attached hydrogens (tertiary/aromatic N) is 2. The molecule has 0 aliphatic carbocycles. The second-order valence-electron chi connectivity index (χ2n) is 7.23. The van der Waals surface area contributed by atoms with E-state index in [4.69, 9.17) is 11.6 Å². The van der Waals surface area contributed by atoms with Crippen LogP contribution in [-0.4, -0.2) is 43.5 Å². The van der Waals surface area contributed by atoms with Crippen LogP contribution in [0.1, 0.15) is 36.7 Å². The number of hydrogen-bond acceptors (Lipinski definition) is 3. The molecule has 0 bridgehead atoms. The predicted octanol–water partition coefficient (Wildman–Crippen LogP) is 4.60. The molecule has 0 spiro atoms. The minimum absolute atomic E-state index is 0.0335. The summed E-state index contributed by atoms with van der Waals surface area (Å²) >= 11 is 6.25. The number of carbonyl (C=O) groups is 2. The number of anilines is 2. The van der Waals surface area contributed by atoms with Crippen molar-refractivity contribution in [2.45, 2.75) is 33.4 Å². The minimum Gasteiger partial charge on any atom is -0.377 e. The zero-order valence-electron chi connectivity index (χ0n) is 17.6. The summed E-state index contributed by atoms with van der Waals surface area (Å²) in [6, 6.07) is 12.5. The summed E-state index contributed by atoms with van der Waals surface area (Å²) in [5.74, 6) is -0.127. The van der Waals surface area contributed by atoms with Gasteiger partial charge in [-0.25, -0.2) is 4.79 Å². The third-order valence-electron chi connectivity index (χ3n) is 4.49. The Bertz CT molecular complexity index is 868. The smallest absolute Gasteiger partial charge is 0.319 e. The average molecular weight is 417 g/mol. The number of hydrogen-bond donors (Lipinski definition) is 2. The number of amides is 3. The first-order valence-electron chi connectivity index (χ1n) is 9.65. The third kappa shape index (κ3) is 5.87. The Hall–Kier alpha value is -2.73. The van der Waals surface area contributed by atoms with Crippen molar-refractivity contribution in [2.75, 3.05) is 30.9 Å². The van der Waals surface area contributed by atoms with Crippen LogP contribution >= 0.6 is 11.6 Å². The lowest BCUT2D eigenvalue weighted by Gasteiger charge is -2.29. The highest BCUT2D eigenvalue weighted by atomic mass is 35.5. The molecule has 29 heavy (non-hydrogen) atoms. The van der Waals surface area contributed by atoms with Crippen LogP contribution in [0.4, 0.5) is 16.2 Å². The van der Waals surface area contributed by atoms with Gasteiger partial charge in [-0.1, -0.05) is 23.7 Å². The van der Waals surface area contributed by atoms with E-state index in [1.807, 2.05) is 58.0 Å². The first-order valence-corrected chi connectivity index (χ1v) is 10.0. The molecular formula is C22H29ClN4O2. The number of urea groups is 1. The van der Waals surface area contributed by atoms with Crippen molar-refractivity contribution < 1.29 is 9.59 Å². The molecule has 0 fully saturated rings. The fraction of sp³-hybridized carbons (Fsp3) is 0.364. The monoisotopic (exact) mass is 416 g/mol. The SMILES string of the molecule is CCNC(=O)Nc1ccc(N(C)C)c(CN(C(=O)c2ccccc2Cl)C(C)C)c1. The molecule has 0 saturated heterocycles. The van der Waals surface area contributed by atoms with Crippen molar-refractivity contribution in [3.8, 4) is 0 Å². The molecule has 0 aliphatic heterocycles. The maximum Gasteiger partial charge on any atom is 0.319 e. The summed E-state index contributed by atoms with van der Waals surface area (Å²) in [6.07, 6.45) is 0. The van der Waals surface area contributed by atoms with E-state index in [1.165, 1.54) is 0 Å². The summed E-state index contributed by atoms with van der Waals surface area (Å²) in [5, 5.41) is 5.98. The van der Waals surface area contributed by atoms with Crippen LogP contribution in [0.2, 0.25) is 5.02 Å². The highest BCUT2D eigenvalue weighted by Gasteiger charge is 2.22. The van der Waals surface area contributed by atoms with Crippen LogP contribution in [0.15, 0.2) is 42.5 Å². The van der Waals surface area contributed by atoms with Gasteiger partial charge in [0.15, 0.2) is 0 Å². The van der Waals surface area contributed by atoms with Crippen molar-refractivity contribution in [2.24, 2.45) is 0 Å². The van der Waals surface area contributed by atoms with Crippen molar-refractivity contribution in [3.63, 3.8) is 0 Å². The van der Waals surface area contributed by atoms with Gasteiger partial charge in [-0.2, -0.15) is 0 Å². The third-order valence-corrected chi connectivity index (χ3v) is 4.82. The normalized spacial score (nSPS) is 10.6. The van der Waals surface area contributed by atoms with E-state index in [-0.39, 0.29) is 18.0 Å². The largest absolute Gasteiger partial charge is 0.377 e. The maximum absolute atomic E-state index is 13.2. The molecule has 0 aliphatic rings. The van der Waals surface area contributed by atoms with Crippen molar-refractivity contribution >= 4 is 34.9 Å².